The molecule has 5 nitrogen and oxygen atoms in total. The zero-order chi connectivity index (χ0) is 19.1. The van der Waals surface area contributed by atoms with Crippen molar-refractivity contribution in [1.29, 1.82) is 0 Å². The smallest absolute Gasteiger partial charge is 0.253 e. The minimum Gasteiger partial charge on any atom is -0.345 e. The second-order valence-electron chi connectivity index (χ2n) is 6.35. The van der Waals surface area contributed by atoms with Gasteiger partial charge in [0.05, 0.1) is 6.54 Å². The molecule has 0 bridgehead atoms. The molecule has 0 aromatic heterocycles. The molecule has 0 fully saturated rings. The van der Waals surface area contributed by atoms with Crippen LogP contribution in [0.1, 0.15) is 15.9 Å². The van der Waals surface area contributed by atoms with Gasteiger partial charge in [0.1, 0.15) is 0 Å². The van der Waals surface area contributed by atoms with Crippen molar-refractivity contribution in [3.05, 3.63) is 59.7 Å². The number of amides is 2. The second-order valence-corrected chi connectivity index (χ2v) is 7.23. The van der Waals surface area contributed by atoms with Crippen LogP contribution in [0.4, 0.5) is 5.69 Å². The lowest BCUT2D eigenvalue weighted by Gasteiger charge is -2.17. The molecule has 0 atom stereocenters. The average Bonchev–Trinajstić information content (AvgIpc) is 2.62. The van der Waals surface area contributed by atoms with Gasteiger partial charge in [-0.25, -0.2) is 0 Å². The summed E-state index contributed by atoms with van der Waals surface area (Å²) < 4.78 is 0. The van der Waals surface area contributed by atoms with Crippen LogP contribution >= 0.6 is 11.8 Å². The Morgan fingerprint density at radius 3 is 2.12 bits per heavy atom. The van der Waals surface area contributed by atoms with E-state index in [1.54, 1.807) is 50.1 Å². The standard InChI is InChI=1S/C20H25N3O2S/c1-22(2)20(25)16-7-9-17(10-8-16)21-19(24)14-23(3)13-15-5-11-18(26-4)12-6-15/h5-12H,13-14H2,1-4H3,(H,21,24). The maximum atomic E-state index is 12.2. The van der Waals surface area contributed by atoms with Crippen molar-refractivity contribution < 1.29 is 9.59 Å². The number of nitrogens with one attached hydrogen (secondary N) is 1. The summed E-state index contributed by atoms with van der Waals surface area (Å²) in [7, 11) is 5.34. The number of carbonyl (C=O) groups excluding carboxylic acids is 2. The Balaban J connectivity index is 1.86. The summed E-state index contributed by atoms with van der Waals surface area (Å²) in [4.78, 5) is 28.8. The number of carbonyl (C=O) groups is 2. The van der Waals surface area contributed by atoms with Crippen LogP contribution in [-0.2, 0) is 11.3 Å². The van der Waals surface area contributed by atoms with Gasteiger partial charge in [-0.05, 0) is 55.3 Å². The molecular formula is C20H25N3O2S. The molecule has 6 heteroatoms. The second kappa shape index (κ2) is 9.40. The monoisotopic (exact) mass is 371 g/mol. The fourth-order valence-corrected chi connectivity index (χ4v) is 2.91. The van der Waals surface area contributed by atoms with Crippen LogP contribution in [0.2, 0.25) is 0 Å². The van der Waals surface area contributed by atoms with Crippen LogP contribution in [0, 0.1) is 0 Å². The summed E-state index contributed by atoms with van der Waals surface area (Å²) in [5, 5.41) is 2.86. The molecule has 0 unspecified atom stereocenters. The Morgan fingerprint density at radius 2 is 1.58 bits per heavy atom. The number of thioether (sulfide) groups is 1. The third-order valence-electron chi connectivity index (χ3n) is 3.85. The highest BCUT2D eigenvalue weighted by Crippen LogP contribution is 2.16. The van der Waals surface area contributed by atoms with E-state index in [4.69, 9.17) is 0 Å². The molecule has 0 aliphatic carbocycles. The van der Waals surface area contributed by atoms with Crippen LogP contribution in [0.3, 0.4) is 0 Å². The predicted octanol–water partition coefficient (Wildman–Crippen LogP) is 3.18. The zero-order valence-corrected chi connectivity index (χ0v) is 16.5. The van der Waals surface area contributed by atoms with Gasteiger partial charge in [-0.15, -0.1) is 11.8 Å². The summed E-state index contributed by atoms with van der Waals surface area (Å²) >= 11 is 1.71. The topological polar surface area (TPSA) is 52.7 Å². The van der Waals surface area contributed by atoms with E-state index in [1.165, 1.54) is 15.4 Å². The lowest BCUT2D eigenvalue weighted by Crippen LogP contribution is -2.29. The molecule has 2 aromatic carbocycles. The third-order valence-corrected chi connectivity index (χ3v) is 4.59. The number of benzene rings is 2. The molecule has 138 valence electrons. The quantitative estimate of drug-likeness (QED) is 0.760. The van der Waals surface area contributed by atoms with Crippen molar-refractivity contribution in [3.8, 4) is 0 Å². The number of nitrogens with zero attached hydrogens (tertiary/aromatic N) is 2. The van der Waals surface area contributed by atoms with Crippen LogP contribution < -0.4 is 5.32 Å². The van der Waals surface area contributed by atoms with Crippen molar-refractivity contribution in [2.75, 3.05) is 39.3 Å². The largest absolute Gasteiger partial charge is 0.345 e. The Hall–Kier alpha value is -2.31. The highest BCUT2D eigenvalue weighted by atomic mass is 32.2. The molecule has 2 aromatic rings. The van der Waals surface area contributed by atoms with Crippen LogP contribution in [0.5, 0.6) is 0 Å². The van der Waals surface area contributed by atoms with Gasteiger partial charge in [-0.1, -0.05) is 12.1 Å². The van der Waals surface area contributed by atoms with E-state index in [2.05, 4.69) is 35.8 Å². The third kappa shape index (κ3) is 5.89. The fraction of sp³-hybridized carbons (Fsp3) is 0.300. The first-order chi connectivity index (χ1) is 12.4. The maximum Gasteiger partial charge on any atom is 0.253 e. The van der Waals surface area contributed by atoms with Gasteiger partial charge in [-0.3, -0.25) is 14.5 Å². The molecule has 0 aliphatic heterocycles. The van der Waals surface area contributed by atoms with Gasteiger partial charge in [0, 0.05) is 36.8 Å². The molecule has 2 amide bonds. The first-order valence-electron chi connectivity index (χ1n) is 8.32. The lowest BCUT2D eigenvalue weighted by molar-refractivity contribution is -0.117. The van der Waals surface area contributed by atoms with E-state index in [9.17, 15) is 9.59 Å². The molecule has 2 rings (SSSR count). The van der Waals surface area contributed by atoms with E-state index in [1.807, 2.05) is 11.9 Å². The molecule has 0 radical (unpaired) electrons. The van der Waals surface area contributed by atoms with Gasteiger partial charge in [0.2, 0.25) is 5.91 Å². The minimum absolute atomic E-state index is 0.0601. The van der Waals surface area contributed by atoms with Crippen molar-refractivity contribution >= 4 is 29.3 Å². The van der Waals surface area contributed by atoms with Crippen molar-refractivity contribution in [3.63, 3.8) is 0 Å². The van der Waals surface area contributed by atoms with Crippen LogP contribution in [0.25, 0.3) is 0 Å². The first kappa shape index (κ1) is 20.0. The summed E-state index contributed by atoms with van der Waals surface area (Å²) in [5.74, 6) is -0.143. The average molecular weight is 372 g/mol. The SMILES string of the molecule is CSc1ccc(CN(C)CC(=O)Nc2ccc(C(=O)N(C)C)cc2)cc1. The molecule has 0 heterocycles. The van der Waals surface area contributed by atoms with E-state index in [0.29, 0.717) is 24.3 Å². The summed E-state index contributed by atoms with van der Waals surface area (Å²) in [6, 6.07) is 15.3. The lowest BCUT2D eigenvalue weighted by atomic mass is 10.2. The van der Waals surface area contributed by atoms with Crippen molar-refractivity contribution in [2.45, 2.75) is 11.4 Å². The minimum atomic E-state index is -0.0834. The molecule has 0 spiro atoms. The molecule has 0 saturated carbocycles. The number of hydrogen-bond donors (Lipinski definition) is 1. The van der Waals surface area contributed by atoms with Crippen LogP contribution in [-0.4, -0.2) is 55.6 Å². The van der Waals surface area contributed by atoms with Gasteiger partial charge >= 0.3 is 0 Å². The highest BCUT2D eigenvalue weighted by Gasteiger charge is 2.10. The molecule has 0 aliphatic rings. The Bertz CT molecular complexity index is 743. The highest BCUT2D eigenvalue weighted by molar-refractivity contribution is 7.98. The van der Waals surface area contributed by atoms with Gasteiger partial charge in [-0.2, -0.15) is 0 Å². The Labute approximate surface area is 159 Å². The van der Waals surface area contributed by atoms with Crippen LogP contribution in [0.15, 0.2) is 53.4 Å². The van der Waals surface area contributed by atoms with Gasteiger partial charge in [0.25, 0.3) is 5.91 Å². The van der Waals surface area contributed by atoms with E-state index >= 15 is 0 Å². The van der Waals surface area contributed by atoms with Crippen molar-refractivity contribution in [1.82, 2.24) is 9.80 Å². The normalized spacial score (nSPS) is 10.7. The molecule has 0 saturated heterocycles. The molecule has 26 heavy (non-hydrogen) atoms. The predicted molar refractivity (Wildman–Crippen MR) is 108 cm³/mol. The van der Waals surface area contributed by atoms with E-state index in [0.717, 1.165) is 0 Å². The Morgan fingerprint density at radius 1 is 0.962 bits per heavy atom. The zero-order valence-electron chi connectivity index (χ0n) is 15.7. The Kier molecular flexibility index (Phi) is 7.24. The number of rotatable bonds is 7. The van der Waals surface area contributed by atoms with Gasteiger partial charge in [0.15, 0.2) is 0 Å². The fourth-order valence-electron chi connectivity index (χ4n) is 2.50. The van der Waals surface area contributed by atoms with E-state index < -0.39 is 0 Å². The summed E-state index contributed by atoms with van der Waals surface area (Å²) in [6.07, 6.45) is 2.05. The summed E-state index contributed by atoms with van der Waals surface area (Å²) in [6.45, 7) is 1.00. The molecule has 1 N–H and O–H groups in total. The maximum absolute atomic E-state index is 12.2. The van der Waals surface area contributed by atoms with Crippen molar-refractivity contribution in [2.24, 2.45) is 0 Å². The number of likely N-dealkylation sites (N-methyl/N-ethyl adjacent to an activating group) is 1. The molecular weight excluding hydrogens is 346 g/mol. The summed E-state index contributed by atoms with van der Waals surface area (Å²) in [5.41, 5.74) is 2.45. The van der Waals surface area contributed by atoms with Gasteiger partial charge < -0.3 is 10.2 Å². The number of anilines is 1. The van der Waals surface area contributed by atoms with E-state index in [-0.39, 0.29) is 11.8 Å². The first-order valence-corrected chi connectivity index (χ1v) is 9.54. The number of hydrogen-bond acceptors (Lipinski definition) is 4.